The molecule has 26 heavy (non-hydrogen) atoms. The SMILES string of the molecule is Cc1ccc(-c2csc3ncnc(NC(CC(C)C)C(=O)O)c23)cc1C. The van der Waals surface area contributed by atoms with Crippen molar-refractivity contribution in [2.45, 2.75) is 40.2 Å². The predicted molar refractivity (Wildman–Crippen MR) is 107 cm³/mol. The molecule has 0 amide bonds. The van der Waals surface area contributed by atoms with E-state index >= 15 is 0 Å². The number of anilines is 1. The van der Waals surface area contributed by atoms with Crippen molar-refractivity contribution in [1.82, 2.24) is 9.97 Å². The molecule has 0 aliphatic rings. The van der Waals surface area contributed by atoms with Crippen molar-refractivity contribution in [3.05, 3.63) is 41.0 Å². The molecule has 1 unspecified atom stereocenters. The van der Waals surface area contributed by atoms with Gasteiger partial charge in [-0.25, -0.2) is 14.8 Å². The topological polar surface area (TPSA) is 75.1 Å². The van der Waals surface area contributed by atoms with Crippen LogP contribution in [0, 0.1) is 19.8 Å². The molecule has 0 radical (unpaired) electrons. The molecule has 0 saturated carbocycles. The Morgan fingerprint density at radius 2 is 2.00 bits per heavy atom. The van der Waals surface area contributed by atoms with E-state index in [-0.39, 0.29) is 5.92 Å². The maximum atomic E-state index is 11.6. The summed E-state index contributed by atoms with van der Waals surface area (Å²) in [5.41, 5.74) is 4.58. The summed E-state index contributed by atoms with van der Waals surface area (Å²) in [6, 6.07) is 5.66. The highest BCUT2D eigenvalue weighted by molar-refractivity contribution is 7.17. The summed E-state index contributed by atoms with van der Waals surface area (Å²) in [6.45, 7) is 8.20. The van der Waals surface area contributed by atoms with Gasteiger partial charge in [-0.05, 0) is 42.9 Å². The number of nitrogens with one attached hydrogen (secondary N) is 1. The molecular weight excluding hydrogens is 346 g/mol. The van der Waals surface area contributed by atoms with Crippen LogP contribution in [0.1, 0.15) is 31.4 Å². The first kappa shape index (κ1) is 18.3. The van der Waals surface area contributed by atoms with Gasteiger partial charge in [0.25, 0.3) is 0 Å². The van der Waals surface area contributed by atoms with E-state index in [1.54, 1.807) is 11.3 Å². The highest BCUT2D eigenvalue weighted by Gasteiger charge is 2.22. The standard InChI is InChI=1S/C20H23N3O2S/c1-11(2)7-16(20(24)25)23-18-17-15(9-26-19(17)22-10-21-18)14-6-5-12(3)13(4)8-14/h5-6,8-11,16H,7H2,1-4H3,(H,24,25)(H,21,22,23). The molecule has 1 atom stereocenters. The van der Waals surface area contributed by atoms with Gasteiger partial charge in [-0.1, -0.05) is 32.0 Å². The Balaban J connectivity index is 2.08. The van der Waals surface area contributed by atoms with Crippen LogP contribution in [0.2, 0.25) is 0 Å². The highest BCUT2D eigenvalue weighted by atomic mass is 32.1. The molecule has 2 heterocycles. The predicted octanol–water partition coefficient (Wildman–Crippen LogP) is 4.89. The summed E-state index contributed by atoms with van der Waals surface area (Å²) < 4.78 is 0. The number of fused-ring (bicyclic) bond motifs is 1. The number of aryl methyl sites for hydroxylation is 2. The smallest absolute Gasteiger partial charge is 0.326 e. The third kappa shape index (κ3) is 3.70. The maximum Gasteiger partial charge on any atom is 0.326 e. The fraction of sp³-hybridized carbons (Fsp3) is 0.350. The summed E-state index contributed by atoms with van der Waals surface area (Å²) >= 11 is 1.54. The van der Waals surface area contributed by atoms with Gasteiger partial charge in [0, 0.05) is 10.9 Å². The zero-order valence-corrected chi connectivity index (χ0v) is 16.2. The number of benzene rings is 1. The number of carboxylic acids is 1. The number of rotatable bonds is 6. The Labute approximate surface area is 157 Å². The average molecular weight is 369 g/mol. The molecule has 6 heteroatoms. The van der Waals surface area contributed by atoms with Crippen molar-refractivity contribution in [1.29, 1.82) is 0 Å². The second-order valence-corrected chi connectivity index (χ2v) is 7.87. The van der Waals surface area contributed by atoms with Gasteiger partial charge < -0.3 is 10.4 Å². The molecule has 136 valence electrons. The monoisotopic (exact) mass is 369 g/mol. The van der Waals surface area contributed by atoms with Crippen molar-refractivity contribution in [2.24, 2.45) is 5.92 Å². The number of aliphatic carboxylic acids is 1. The second-order valence-electron chi connectivity index (χ2n) is 7.02. The fourth-order valence-electron chi connectivity index (χ4n) is 2.96. The van der Waals surface area contributed by atoms with Crippen LogP contribution in [-0.4, -0.2) is 27.1 Å². The van der Waals surface area contributed by atoms with E-state index in [1.807, 2.05) is 13.8 Å². The minimum absolute atomic E-state index is 0.266. The molecular formula is C20H23N3O2S. The molecule has 0 fully saturated rings. The summed E-state index contributed by atoms with van der Waals surface area (Å²) in [4.78, 5) is 21.2. The molecule has 1 aromatic carbocycles. The van der Waals surface area contributed by atoms with Crippen molar-refractivity contribution >= 4 is 33.3 Å². The van der Waals surface area contributed by atoms with Crippen molar-refractivity contribution in [2.75, 3.05) is 5.32 Å². The molecule has 0 aliphatic carbocycles. The number of carboxylic acid groups (broad SMARTS) is 1. The molecule has 0 spiro atoms. The number of thiophene rings is 1. The summed E-state index contributed by atoms with van der Waals surface area (Å²) in [6.07, 6.45) is 2.02. The minimum Gasteiger partial charge on any atom is -0.480 e. The largest absolute Gasteiger partial charge is 0.480 e. The van der Waals surface area contributed by atoms with Gasteiger partial charge in [-0.15, -0.1) is 11.3 Å². The van der Waals surface area contributed by atoms with Gasteiger partial charge >= 0.3 is 5.97 Å². The molecule has 3 rings (SSSR count). The van der Waals surface area contributed by atoms with Crippen LogP contribution in [0.15, 0.2) is 29.9 Å². The molecule has 0 aliphatic heterocycles. The summed E-state index contributed by atoms with van der Waals surface area (Å²) in [5, 5.41) is 15.6. The van der Waals surface area contributed by atoms with E-state index in [2.05, 4.69) is 52.7 Å². The fourth-order valence-corrected chi connectivity index (χ4v) is 3.88. The molecule has 5 nitrogen and oxygen atoms in total. The quantitative estimate of drug-likeness (QED) is 0.647. The summed E-state index contributed by atoms with van der Waals surface area (Å²) in [7, 11) is 0. The van der Waals surface area contributed by atoms with Crippen molar-refractivity contribution in [3.63, 3.8) is 0 Å². The maximum absolute atomic E-state index is 11.6. The van der Waals surface area contributed by atoms with E-state index in [4.69, 9.17) is 0 Å². The Kier molecular flexibility index (Phi) is 5.23. The second kappa shape index (κ2) is 7.41. The first-order valence-electron chi connectivity index (χ1n) is 8.66. The van der Waals surface area contributed by atoms with Crippen LogP contribution in [0.25, 0.3) is 21.3 Å². The van der Waals surface area contributed by atoms with E-state index in [0.717, 1.165) is 21.3 Å². The zero-order chi connectivity index (χ0) is 18.8. The van der Waals surface area contributed by atoms with Crippen LogP contribution in [0.3, 0.4) is 0 Å². The van der Waals surface area contributed by atoms with Crippen LogP contribution in [0.5, 0.6) is 0 Å². The minimum atomic E-state index is -0.867. The van der Waals surface area contributed by atoms with E-state index in [9.17, 15) is 9.90 Å². The van der Waals surface area contributed by atoms with Gasteiger partial charge in [0.2, 0.25) is 0 Å². The van der Waals surface area contributed by atoms with Crippen molar-refractivity contribution in [3.8, 4) is 11.1 Å². The molecule has 2 N–H and O–H groups in total. The van der Waals surface area contributed by atoms with Gasteiger partial charge in [0.05, 0.1) is 5.39 Å². The normalized spacial score (nSPS) is 12.5. The van der Waals surface area contributed by atoms with Crippen LogP contribution in [-0.2, 0) is 4.79 Å². The molecule has 2 aromatic heterocycles. The van der Waals surface area contributed by atoms with E-state index in [1.165, 1.54) is 17.5 Å². The Hall–Kier alpha value is -2.47. The number of aromatic nitrogens is 2. The van der Waals surface area contributed by atoms with Gasteiger partial charge in [0.15, 0.2) is 0 Å². The lowest BCUT2D eigenvalue weighted by atomic mass is 10.0. The lowest BCUT2D eigenvalue weighted by Crippen LogP contribution is -2.31. The van der Waals surface area contributed by atoms with Crippen molar-refractivity contribution < 1.29 is 9.90 Å². The average Bonchev–Trinajstić information content (AvgIpc) is 3.01. The Morgan fingerprint density at radius 1 is 1.23 bits per heavy atom. The van der Waals surface area contributed by atoms with Gasteiger partial charge in [-0.3, -0.25) is 0 Å². The van der Waals surface area contributed by atoms with Crippen LogP contribution < -0.4 is 5.32 Å². The van der Waals surface area contributed by atoms with Crippen LogP contribution in [0.4, 0.5) is 5.82 Å². The highest BCUT2D eigenvalue weighted by Crippen LogP contribution is 2.37. The number of nitrogens with zero attached hydrogens (tertiary/aromatic N) is 2. The Morgan fingerprint density at radius 3 is 2.65 bits per heavy atom. The van der Waals surface area contributed by atoms with E-state index in [0.29, 0.717) is 12.2 Å². The van der Waals surface area contributed by atoms with Gasteiger partial charge in [-0.2, -0.15) is 0 Å². The summed E-state index contributed by atoms with van der Waals surface area (Å²) in [5.74, 6) is -0.0198. The molecule has 0 bridgehead atoms. The van der Waals surface area contributed by atoms with Crippen LogP contribution >= 0.6 is 11.3 Å². The van der Waals surface area contributed by atoms with Gasteiger partial charge in [0.1, 0.15) is 23.0 Å². The molecule has 0 saturated heterocycles. The number of hydrogen-bond acceptors (Lipinski definition) is 5. The Bertz CT molecular complexity index is 949. The first-order chi connectivity index (χ1) is 12.4. The lowest BCUT2D eigenvalue weighted by molar-refractivity contribution is -0.138. The zero-order valence-electron chi connectivity index (χ0n) is 15.4. The third-order valence-corrected chi connectivity index (χ3v) is 5.39. The lowest BCUT2D eigenvalue weighted by Gasteiger charge is -2.18. The van der Waals surface area contributed by atoms with E-state index < -0.39 is 12.0 Å². The number of hydrogen-bond donors (Lipinski definition) is 2. The first-order valence-corrected chi connectivity index (χ1v) is 9.54. The third-order valence-electron chi connectivity index (χ3n) is 4.50. The number of carbonyl (C=O) groups is 1. The molecule has 3 aromatic rings.